The molecule has 0 radical (unpaired) electrons. The van der Waals surface area contributed by atoms with Crippen LogP contribution in [0.25, 0.3) is 0 Å². The lowest BCUT2D eigenvalue weighted by atomic mass is 9.85. The Hall–Kier alpha value is -6.19. The van der Waals surface area contributed by atoms with Crippen LogP contribution in [0.15, 0.2) is 24.3 Å². The van der Waals surface area contributed by atoms with E-state index in [0.29, 0.717) is 44.8 Å². The summed E-state index contributed by atoms with van der Waals surface area (Å²) in [6, 6.07) is -0.313. The summed E-state index contributed by atoms with van der Waals surface area (Å²) in [4.78, 5) is 141. The summed E-state index contributed by atoms with van der Waals surface area (Å²) in [5.74, 6) is -6.27. The lowest BCUT2D eigenvalue weighted by Gasteiger charge is -2.34. The van der Waals surface area contributed by atoms with E-state index in [-0.39, 0.29) is 67.9 Å². The predicted molar refractivity (Wildman–Crippen MR) is 308 cm³/mol. The monoisotopic (exact) mass is 1140 g/mol. The van der Waals surface area contributed by atoms with Crippen molar-refractivity contribution in [3.8, 4) is 0 Å². The molecule has 1 saturated heterocycles. The number of benzene rings is 1. The number of hydrogen-bond acceptors (Lipinski definition) is 11. The van der Waals surface area contributed by atoms with Gasteiger partial charge in [-0.05, 0) is 149 Å². The number of amides is 10. The second-order valence-electron chi connectivity index (χ2n) is 25.3. The zero-order valence-electron chi connectivity index (χ0n) is 50.9. The summed E-state index contributed by atoms with van der Waals surface area (Å²) in [5.41, 5.74) is -4.45. The molecule has 5 atom stereocenters. The average molecular weight is 1140 g/mol. The molecule has 456 valence electrons. The van der Waals surface area contributed by atoms with Gasteiger partial charge in [0, 0.05) is 38.2 Å². The Labute approximate surface area is 480 Å². The summed E-state index contributed by atoms with van der Waals surface area (Å²) >= 11 is 0. The van der Waals surface area contributed by atoms with E-state index in [9.17, 15) is 52.3 Å². The Morgan fingerprint density at radius 1 is 0.568 bits per heavy atom. The van der Waals surface area contributed by atoms with Gasteiger partial charge in [0.15, 0.2) is 0 Å². The average Bonchev–Trinajstić information content (AvgIpc) is 3.94. The largest absolute Gasteiger partial charge is 0.355 e. The Morgan fingerprint density at radius 2 is 1.06 bits per heavy atom. The van der Waals surface area contributed by atoms with Crippen LogP contribution in [0.3, 0.4) is 0 Å². The van der Waals surface area contributed by atoms with Gasteiger partial charge in [-0.2, -0.15) is 0 Å². The molecule has 1 aliphatic carbocycles. The standard InChI is InChI=1S/C59H98FN11O10/c1-36(2)33-43(49(74)65-45(35-38(5)6)51(76)68-59(11,12)56(81)69-57(7,8)54(79)62-29-28-47(72)61-30-32-70(13)14)66-55(80)58(9,10)67-50(75)44(34-37(3)4)64-48(73)42(27-22-39-19-16-15-17-20-39)63-52(77)46-21-18-31-71(46)53(78)40-23-25-41(60)26-24-40/h23-26,36-39,42-46H,15-22,27-35H2,1-14H3,(H,61,72)(H,62,79)(H,63,77)(H,64,73)(H,65,74)(H,66,80)(H,67,75)(H,68,76)(H,69,81)/t42?,43?,44?,45?,46-/m0/s1. The number of likely N-dealkylation sites (N-methyl/N-ethyl adjacent to an activating group) is 1. The lowest BCUT2D eigenvalue weighted by Crippen LogP contribution is -2.65. The third-order valence-electron chi connectivity index (χ3n) is 14.7. The Balaban J connectivity index is 1.74. The van der Waals surface area contributed by atoms with Crippen molar-refractivity contribution < 1.29 is 52.3 Å². The molecule has 81 heavy (non-hydrogen) atoms. The van der Waals surface area contributed by atoms with Gasteiger partial charge < -0.3 is 57.7 Å². The van der Waals surface area contributed by atoms with Crippen LogP contribution in [0.5, 0.6) is 0 Å². The maximum atomic E-state index is 14.4. The van der Waals surface area contributed by atoms with Gasteiger partial charge in [-0.15, -0.1) is 0 Å². The van der Waals surface area contributed by atoms with E-state index in [1.807, 2.05) is 60.5 Å². The van der Waals surface area contributed by atoms with E-state index in [2.05, 4.69) is 47.9 Å². The molecule has 1 aromatic rings. The fraction of sp³-hybridized carbons (Fsp3) is 0.729. The van der Waals surface area contributed by atoms with E-state index < -0.39 is 106 Å². The second kappa shape index (κ2) is 31.9. The zero-order chi connectivity index (χ0) is 61.0. The van der Waals surface area contributed by atoms with Gasteiger partial charge in [-0.25, -0.2) is 4.39 Å². The van der Waals surface area contributed by atoms with E-state index in [4.69, 9.17) is 0 Å². The van der Waals surface area contributed by atoms with Crippen LogP contribution >= 0.6 is 0 Å². The predicted octanol–water partition coefficient (Wildman–Crippen LogP) is 3.74. The molecule has 0 bridgehead atoms. The maximum Gasteiger partial charge on any atom is 0.254 e. The molecule has 0 aromatic heterocycles. The number of halogens is 1. The fourth-order valence-corrected chi connectivity index (χ4v) is 9.87. The highest BCUT2D eigenvalue weighted by molar-refractivity contribution is 6.01. The van der Waals surface area contributed by atoms with E-state index in [0.717, 1.165) is 32.1 Å². The number of carbonyl (C=O) groups is 10. The molecule has 2 aliphatic rings. The summed E-state index contributed by atoms with van der Waals surface area (Å²) in [7, 11) is 3.77. The molecule has 2 fully saturated rings. The minimum Gasteiger partial charge on any atom is -0.355 e. The highest BCUT2D eigenvalue weighted by atomic mass is 19.1. The molecule has 1 saturated carbocycles. The molecule has 1 aliphatic heterocycles. The highest BCUT2D eigenvalue weighted by Crippen LogP contribution is 2.28. The van der Waals surface area contributed by atoms with Gasteiger partial charge in [0.2, 0.25) is 53.2 Å². The van der Waals surface area contributed by atoms with Crippen molar-refractivity contribution in [3.05, 3.63) is 35.6 Å². The lowest BCUT2D eigenvalue weighted by molar-refractivity contribution is -0.139. The van der Waals surface area contributed by atoms with Crippen molar-refractivity contribution in [2.75, 3.05) is 40.3 Å². The molecule has 1 heterocycles. The van der Waals surface area contributed by atoms with Crippen molar-refractivity contribution >= 4 is 59.1 Å². The number of hydrogen-bond donors (Lipinski definition) is 9. The van der Waals surface area contributed by atoms with Crippen molar-refractivity contribution in [1.82, 2.24) is 57.7 Å². The summed E-state index contributed by atoms with van der Waals surface area (Å²) in [6.45, 7) is 21.4. The van der Waals surface area contributed by atoms with Gasteiger partial charge in [-0.3, -0.25) is 47.9 Å². The Bertz CT molecular complexity index is 2320. The van der Waals surface area contributed by atoms with Gasteiger partial charge in [0.1, 0.15) is 52.6 Å². The first kappa shape index (κ1) is 69.1. The third-order valence-corrected chi connectivity index (χ3v) is 14.7. The molecule has 21 nitrogen and oxygen atoms in total. The molecule has 0 spiro atoms. The molecule has 10 amide bonds. The summed E-state index contributed by atoms with van der Waals surface area (Å²) in [5, 5.41) is 25.0. The van der Waals surface area contributed by atoms with Crippen LogP contribution in [-0.4, -0.2) is 156 Å². The van der Waals surface area contributed by atoms with E-state index in [1.165, 1.54) is 70.7 Å². The topological polar surface area (TPSA) is 285 Å². The van der Waals surface area contributed by atoms with Crippen molar-refractivity contribution in [3.63, 3.8) is 0 Å². The molecule has 1 aromatic carbocycles. The first-order valence-corrected chi connectivity index (χ1v) is 29.2. The van der Waals surface area contributed by atoms with Crippen molar-refractivity contribution in [1.29, 1.82) is 0 Å². The van der Waals surface area contributed by atoms with Crippen LogP contribution in [-0.2, 0) is 43.2 Å². The van der Waals surface area contributed by atoms with Crippen molar-refractivity contribution in [2.24, 2.45) is 23.7 Å². The molecular formula is C59H98FN11O10. The molecule has 22 heteroatoms. The fourth-order valence-electron chi connectivity index (χ4n) is 9.87. The smallest absolute Gasteiger partial charge is 0.254 e. The van der Waals surface area contributed by atoms with Crippen LogP contribution in [0.1, 0.15) is 177 Å². The Morgan fingerprint density at radius 3 is 1.58 bits per heavy atom. The van der Waals surface area contributed by atoms with E-state index in [1.54, 1.807) is 0 Å². The Kier molecular flexibility index (Phi) is 27.2. The number of likely N-dealkylation sites (tertiary alicyclic amines) is 1. The van der Waals surface area contributed by atoms with Crippen LogP contribution in [0.2, 0.25) is 0 Å². The normalized spacial score (nSPS) is 16.7. The summed E-state index contributed by atoms with van der Waals surface area (Å²) in [6.07, 6.45) is 7.64. The van der Waals surface area contributed by atoms with Crippen LogP contribution in [0, 0.1) is 29.5 Å². The molecular weight excluding hydrogens is 1040 g/mol. The van der Waals surface area contributed by atoms with Crippen molar-refractivity contribution in [2.45, 2.75) is 213 Å². The molecule has 9 N–H and O–H groups in total. The van der Waals surface area contributed by atoms with Crippen LogP contribution < -0.4 is 47.9 Å². The van der Waals surface area contributed by atoms with Gasteiger partial charge in [0.25, 0.3) is 5.91 Å². The first-order valence-electron chi connectivity index (χ1n) is 29.2. The second-order valence-corrected chi connectivity index (χ2v) is 25.3. The third kappa shape index (κ3) is 23.3. The molecule has 4 unspecified atom stereocenters. The van der Waals surface area contributed by atoms with Gasteiger partial charge >= 0.3 is 0 Å². The number of rotatable bonds is 31. The molecule has 3 rings (SSSR count). The van der Waals surface area contributed by atoms with Gasteiger partial charge in [0.05, 0.1) is 0 Å². The first-order chi connectivity index (χ1) is 37.7. The SMILES string of the molecule is CC(C)CC(NC(=O)C(CCC1CCCCC1)NC(=O)[C@@H]1CCCN1C(=O)c1ccc(F)cc1)C(=O)NC(C)(C)C(=O)NC(CC(C)C)C(=O)NC(CC(C)C)C(=O)NC(C)(C)C(=O)NC(C)(C)C(=O)NCCC(=O)NCCN(C)C. The van der Waals surface area contributed by atoms with Crippen LogP contribution in [0.4, 0.5) is 4.39 Å². The summed E-state index contributed by atoms with van der Waals surface area (Å²) < 4.78 is 13.7. The zero-order valence-corrected chi connectivity index (χ0v) is 50.9. The van der Waals surface area contributed by atoms with Gasteiger partial charge in [-0.1, -0.05) is 73.6 Å². The highest BCUT2D eigenvalue weighted by Gasteiger charge is 2.41. The number of nitrogens with zero attached hydrogens (tertiary/aromatic N) is 2. The minimum absolute atomic E-state index is 0.0338. The maximum absolute atomic E-state index is 14.4. The number of carbonyl (C=O) groups excluding carboxylic acids is 10. The number of nitrogens with one attached hydrogen (secondary N) is 9. The van der Waals surface area contributed by atoms with E-state index >= 15 is 0 Å². The quantitative estimate of drug-likeness (QED) is 0.0517. The minimum atomic E-state index is -1.65.